The van der Waals surface area contributed by atoms with Crippen molar-refractivity contribution in [1.82, 2.24) is 5.32 Å². The van der Waals surface area contributed by atoms with Crippen LogP contribution in [0.2, 0.25) is 0 Å². The molecule has 0 saturated carbocycles. The Labute approximate surface area is 150 Å². The van der Waals surface area contributed by atoms with Crippen molar-refractivity contribution in [1.29, 1.82) is 0 Å². The first kappa shape index (κ1) is 20.3. The maximum atomic E-state index is 9.84. The molecule has 0 aliphatic heterocycles. The van der Waals surface area contributed by atoms with E-state index in [2.05, 4.69) is 19.2 Å². The van der Waals surface area contributed by atoms with Gasteiger partial charge in [-0.25, -0.2) is 0 Å². The second kappa shape index (κ2) is 10.9. The van der Waals surface area contributed by atoms with E-state index in [1.165, 1.54) is 0 Å². The first-order chi connectivity index (χ1) is 11.1. The molecule has 1 unspecified atom stereocenters. The van der Waals surface area contributed by atoms with E-state index in [-0.39, 0.29) is 12.4 Å². The maximum Gasteiger partial charge on any atom is 0.198 e. The molecule has 0 spiro atoms. The lowest BCUT2D eigenvalue weighted by Gasteiger charge is -2.15. The zero-order valence-corrected chi connectivity index (χ0v) is 15.0. The summed E-state index contributed by atoms with van der Waals surface area (Å²) in [7, 11) is 0. The molecule has 0 saturated heterocycles. The Kier molecular flexibility index (Phi) is 9.23. The highest BCUT2D eigenvalue weighted by molar-refractivity contribution is 5.85. The van der Waals surface area contributed by atoms with Crippen molar-refractivity contribution in [3.63, 3.8) is 0 Å². The molecule has 132 valence electrons. The minimum Gasteiger partial charge on any atom is -0.489 e. The van der Waals surface area contributed by atoms with Crippen LogP contribution in [0.5, 0.6) is 11.5 Å². The van der Waals surface area contributed by atoms with E-state index in [0.717, 1.165) is 17.9 Å². The van der Waals surface area contributed by atoms with Crippen LogP contribution in [0.25, 0.3) is 0 Å². The van der Waals surface area contributed by atoms with Gasteiger partial charge in [-0.3, -0.25) is 0 Å². The van der Waals surface area contributed by atoms with Crippen LogP contribution < -0.4 is 14.8 Å². The quantitative estimate of drug-likeness (QED) is 0.675. The molecule has 0 aliphatic carbocycles. The lowest BCUT2D eigenvalue weighted by molar-refractivity contribution is -0.0226. The first-order valence-electron chi connectivity index (χ1n) is 7.98. The molecule has 2 aromatic carbocycles. The van der Waals surface area contributed by atoms with Crippen molar-refractivity contribution in [2.75, 3.05) is 6.54 Å². The molecule has 0 fully saturated rings. The van der Waals surface area contributed by atoms with E-state index in [9.17, 15) is 5.11 Å². The molecule has 4 nitrogen and oxygen atoms in total. The van der Waals surface area contributed by atoms with E-state index >= 15 is 0 Å². The van der Waals surface area contributed by atoms with E-state index in [1.54, 1.807) is 12.1 Å². The van der Waals surface area contributed by atoms with Crippen LogP contribution >= 0.6 is 12.4 Å². The molecule has 0 aliphatic rings. The number of halogens is 1. The van der Waals surface area contributed by atoms with Gasteiger partial charge in [0.05, 0.1) is 0 Å². The van der Waals surface area contributed by atoms with Gasteiger partial charge >= 0.3 is 0 Å². The van der Waals surface area contributed by atoms with Crippen LogP contribution in [0.15, 0.2) is 54.6 Å². The Morgan fingerprint density at radius 2 is 1.58 bits per heavy atom. The van der Waals surface area contributed by atoms with Gasteiger partial charge in [-0.2, -0.15) is 0 Å². The Hall–Kier alpha value is -1.75. The molecule has 5 heteroatoms. The molecule has 0 bridgehead atoms. The number of hydrogen-bond donors (Lipinski definition) is 2. The minimum absolute atomic E-state index is 0. The van der Waals surface area contributed by atoms with Crippen LogP contribution in [0.3, 0.4) is 0 Å². The van der Waals surface area contributed by atoms with Crippen molar-refractivity contribution in [2.45, 2.75) is 39.2 Å². The lowest BCUT2D eigenvalue weighted by Crippen LogP contribution is -2.28. The second-order valence-electron chi connectivity index (χ2n) is 5.72. The van der Waals surface area contributed by atoms with E-state index in [0.29, 0.717) is 24.8 Å². The average molecular weight is 352 g/mol. The Balaban J connectivity index is 0.00000288. The highest BCUT2D eigenvalue weighted by Crippen LogP contribution is 2.19. The summed E-state index contributed by atoms with van der Waals surface area (Å²) < 4.78 is 11.2. The van der Waals surface area contributed by atoms with Crippen molar-refractivity contribution in [2.24, 2.45) is 0 Å². The number of rotatable bonds is 9. The summed E-state index contributed by atoms with van der Waals surface area (Å²) >= 11 is 0. The van der Waals surface area contributed by atoms with Crippen molar-refractivity contribution in [3.05, 3.63) is 60.2 Å². The van der Waals surface area contributed by atoms with E-state index < -0.39 is 6.29 Å². The minimum atomic E-state index is -0.808. The van der Waals surface area contributed by atoms with Gasteiger partial charge in [0, 0.05) is 19.0 Å². The largest absolute Gasteiger partial charge is 0.489 e. The summed E-state index contributed by atoms with van der Waals surface area (Å²) in [6.07, 6.45) is -0.262. The van der Waals surface area contributed by atoms with E-state index in [4.69, 9.17) is 9.47 Å². The Bertz CT molecular complexity index is 561. The second-order valence-corrected chi connectivity index (χ2v) is 5.72. The lowest BCUT2D eigenvalue weighted by atomic mass is 10.2. The third-order valence-electron chi connectivity index (χ3n) is 3.29. The van der Waals surface area contributed by atoms with Gasteiger partial charge in [0.25, 0.3) is 0 Å². The Morgan fingerprint density at radius 3 is 2.21 bits per heavy atom. The smallest absolute Gasteiger partial charge is 0.198 e. The van der Waals surface area contributed by atoms with Crippen LogP contribution in [-0.2, 0) is 6.61 Å². The predicted octanol–water partition coefficient (Wildman–Crippen LogP) is 3.77. The number of benzene rings is 2. The molecule has 0 amide bonds. The fourth-order valence-electron chi connectivity index (χ4n) is 2.07. The predicted molar refractivity (Wildman–Crippen MR) is 98.9 cm³/mol. The monoisotopic (exact) mass is 351 g/mol. The molecule has 24 heavy (non-hydrogen) atoms. The number of aliphatic hydroxyl groups is 1. The van der Waals surface area contributed by atoms with Crippen molar-refractivity contribution in [3.8, 4) is 11.5 Å². The number of nitrogens with one attached hydrogen (secondary N) is 1. The summed E-state index contributed by atoms with van der Waals surface area (Å²) in [6, 6.07) is 17.7. The highest BCUT2D eigenvalue weighted by atomic mass is 35.5. The SMILES string of the molecule is CC(C)NCCC(O)Oc1ccc(OCc2ccccc2)cc1.Cl. The fourth-order valence-corrected chi connectivity index (χ4v) is 2.07. The molecule has 0 aromatic heterocycles. The molecule has 1 atom stereocenters. The van der Waals surface area contributed by atoms with Crippen LogP contribution in [0, 0.1) is 0 Å². The van der Waals surface area contributed by atoms with Crippen LogP contribution in [0.1, 0.15) is 25.8 Å². The van der Waals surface area contributed by atoms with Crippen molar-refractivity contribution >= 4 is 12.4 Å². The van der Waals surface area contributed by atoms with Crippen LogP contribution in [0.4, 0.5) is 0 Å². The molecule has 2 N–H and O–H groups in total. The van der Waals surface area contributed by atoms with E-state index in [1.807, 2.05) is 42.5 Å². The molecule has 0 radical (unpaired) electrons. The van der Waals surface area contributed by atoms with Gasteiger partial charge in [0.2, 0.25) is 0 Å². The topological polar surface area (TPSA) is 50.7 Å². The first-order valence-corrected chi connectivity index (χ1v) is 7.98. The van der Waals surface area contributed by atoms with Gasteiger partial charge < -0.3 is 19.9 Å². The molecule has 0 heterocycles. The summed E-state index contributed by atoms with van der Waals surface area (Å²) in [5.41, 5.74) is 1.13. The molecular weight excluding hydrogens is 326 g/mol. The normalized spacial score (nSPS) is 11.7. The molecular formula is C19H26ClNO3. The van der Waals surface area contributed by atoms with Crippen molar-refractivity contribution < 1.29 is 14.6 Å². The van der Waals surface area contributed by atoms with Gasteiger partial charge in [-0.05, 0) is 29.8 Å². The number of aliphatic hydroxyl groups excluding tert-OH is 1. The third-order valence-corrected chi connectivity index (χ3v) is 3.29. The number of hydrogen-bond acceptors (Lipinski definition) is 4. The summed E-state index contributed by atoms with van der Waals surface area (Å²) in [5.74, 6) is 1.41. The molecule has 2 aromatic rings. The maximum absolute atomic E-state index is 9.84. The fraction of sp³-hybridized carbons (Fsp3) is 0.368. The summed E-state index contributed by atoms with van der Waals surface area (Å²) in [6.45, 7) is 5.39. The standard InChI is InChI=1S/C19H25NO3.ClH/c1-15(2)20-13-12-19(21)23-18-10-8-17(9-11-18)22-14-16-6-4-3-5-7-16;/h3-11,15,19-21H,12-14H2,1-2H3;1H. The summed E-state index contributed by atoms with van der Waals surface area (Å²) in [5, 5.41) is 13.1. The molecule has 2 rings (SSSR count). The van der Waals surface area contributed by atoms with Gasteiger partial charge in [-0.15, -0.1) is 12.4 Å². The zero-order chi connectivity index (χ0) is 16.5. The summed E-state index contributed by atoms with van der Waals surface area (Å²) in [4.78, 5) is 0. The van der Waals surface area contributed by atoms with Gasteiger partial charge in [-0.1, -0.05) is 44.2 Å². The number of ether oxygens (including phenoxy) is 2. The van der Waals surface area contributed by atoms with Gasteiger partial charge in [0.1, 0.15) is 18.1 Å². The zero-order valence-electron chi connectivity index (χ0n) is 14.1. The highest BCUT2D eigenvalue weighted by Gasteiger charge is 2.06. The average Bonchev–Trinajstić information content (AvgIpc) is 2.55. The Morgan fingerprint density at radius 1 is 0.958 bits per heavy atom. The third kappa shape index (κ3) is 7.68. The van der Waals surface area contributed by atoms with Gasteiger partial charge in [0.15, 0.2) is 6.29 Å². The van der Waals surface area contributed by atoms with Crippen LogP contribution in [-0.4, -0.2) is 24.0 Å².